The topological polar surface area (TPSA) is 62.2 Å². The highest BCUT2D eigenvalue weighted by Crippen LogP contribution is 2.37. The fraction of sp³-hybridized carbons (Fsp3) is 0.348. The molecule has 2 amide bonds. The molecule has 2 aromatic carbocycles. The lowest BCUT2D eigenvalue weighted by atomic mass is 9.98. The fourth-order valence-electron chi connectivity index (χ4n) is 3.70. The minimum absolute atomic E-state index is 0.00875. The maximum atomic E-state index is 13.2. The van der Waals surface area contributed by atoms with Gasteiger partial charge in [0.2, 0.25) is 5.91 Å². The van der Waals surface area contributed by atoms with Crippen LogP contribution >= 0.6 is 11.6 Å². The second-order valence-electron chi connectivity index (χ2n) is 7.73. The number of ether oxygens (including phenoxy) is 1. The summed E-state index contributed by atoms with van der Waals surface area (Å²) in [5, 5.41) is 6.72. The van der Waals surface area contributed by atoms with Crippen molar-refractivity contribution >= 4 is 29.1 Å². The summed E-state index contributed by atoms with van der Waals surface area (Å²) in [6, 6.07) is 14.8. The van der Waals surface area contributed by atoms with E-state index in [4.69, 9.17) is 16.3 Å². The number of likely N-dealkylation sites (N-methyl/N-ethyl adjacent to an activating group) is 1. The molecule has 30 heavy (non-hydrogen) atoms. The van der Waals surface area contributed by atoms with Gasteiger partial charge in [-0.15, -0.1) is 0 Å². The number of hydrogen-bond donors (Lipinski definition) is 0. The number of benzene rings is 2. The number of hydrogen-bond acceptors (Lipinski definition) is 4. The van der Waals surface area contributed by atoms with Crippen molar-refractivity contribution in [3.8, 4) is 5.75 Å². The maximum absolute atomic E-state index is 13.2. The molecule has 0 saturated heterocycles. The smallest absolute Gasteiger partial charge is 0.262 e. The molecule has 1 heterocycles. The van der Waals surface area contributed by atoms with Crippen molar-refractivity contribution in [2.45, 2.75) is 25.3 Å². The number of carbonyl (C=O) groups excluding carboxylic acids is 2. The summed E-state index contributed by atoms with van der Waals surface area (Å²) >= 11 is 6.45. The molecule has 6 nitrogen and oxygen atoms in total. The monoisotopic (exact) mass is 425 g/mol. The molecular weight excluding hydrogens is 402 g/mol. The summed E-state index contributed by atoms with van der Waals surface area (Å²) in [5.41, 5.74) is 2.51. The van der Waals surface area contributed by atoms with E-state index < -0.39 is 0 Å². The Hall–Kier alpha value is -2.86. The van der Waals surface area contributed by atoms with Crippen LogP contribution in [0.25, 0.3) is 0 Å². The van der Waals surface area contributed by atoms with Crippen molar-refractivity contribution in [1.82, 2.24) is 9.91 Å². The van der Waals surface area contributed by atoms with Crippen molar-refractivity contribution < 1.29 is 14.3 Å². The summed E-state index contributed by atoms with van der Waals surface area (Å²) in [5.74, 6) is 0.587. The predicted molar refractivity (Wildman–Crippen MR) is 116 cm³/mol. The van der Waals surface area contributed by atoms with E-state index in [1.165, 1.54) is 9.91 Å². The highest BCUT2D eigenvalue weighted by molar-refractivity contribution is 6.31. The van der Waals surface area contributed by atoms with Crippen LogP contribution in [0, 0.1) is 5.92 Å². The van der Waals surface area contributed by atoms with E-state index in [-0.39, 0.29) is 30.3 Å². The van der Waals surface area contributed by atoms with Crippen LogP contribution < -0.4 is 4.74 Å². The van der Waals surface area contributed by atoms with Gasteiger partial charge in [0.1, 0.15) is 12.3 Å². The lowest BCUT2D eigenvalue weighted by molar-refractivity contribution is -0.141. The zero-order chi connectivity index (χ0) is 21.3. The van der Waals surface area contributed by atoms with Gasteiger partial charge in [-0.3, -0.25) is 9.59 Å². The normalized spacial score (nSPS) is 18.2. The number of hydrazone groups is 1. The van der Waals surface area contributed by atoms with Crippen LogP contribution in [0.1, 0.15) is 36.4 Å². The van der Waals surface area contributed by atoms with Crippen LogP contribution in [0.2, 0.25) is 5.02 Å². The largest absolute Gasteiger partial charge is 0.497 e. The summed E-state index contributed by atoms with van der Waals surface area (Å²) in [6.07, 6.45) is 2.34. The van der Waals surface area contributed by atoms with Gasteiger partial charge in [-0.1, -0.05) is 41.9 Å². The standard InChI is InChI=1S/C23H24ClN3O3/c1-26(23(29)15-10-11-15)14-22(28)27-21(18-8-3-4-9-19(18)24)13-20(25-27)16-6-5-7-17(12-16)30-2/h3-9,12,15,21H,10-11,13-14H2,1-2H3. The molecule has 1 unspecified atom stereocenters. The first-order valence-electron chi connectivity index (χ1n) is 10.0. The number of methoxy groups -OCH3 is 1. The average Bonchev–Trinajstić information content (AvgIpc) is 3.51. The highest BCUT2D eigenvalue weighted by Gasteiger charge is 2.37. The number of halogens is 1. The maximum Gasteiger partial charge on any atom is 0.262 e. The van der Waals surface area contributed by atoms with Crippen LogP contribution in [0.3, 0.4) is 0 Å². The zero-order valence-corrected chi connectivity index (χ0v) is 17.8. The van der Waals surface area contributed by atoms with Crippen LogP contribution in [0.4, 0.5) is 0 Å². The second-order valence-corrected chi connectivity index (χ2v) is 8.13. The van der Waals surface area contributed by atoms with E-state index in [0.717, 1.165) is 35.4 Å². The zero-order valence-electron chi connectivity index (χ0n) is 17.0. The Morgan fingerprint density at radius 2 is 1.97 bits per heavy atom. The first-order chi connectivity index (χ1) is 14.5. The van der Waals surface area contributed by atoms with Gasteiger partial charge in [-0.05, 0) is 36.6 Å². The Labute approximate surface area is 181 Å². The molecule has 7 heteroatoms. The third kappa shape index (κ3) is 4.19. The van der Waals surface area contributed by atoms with Gasteiger partial charge < -0.3 is 9.64 Å². The lowest BCUT2D eigenvalue weighted by Crippen LogP contribution is -2.39. The molecule has 1 aliphatic carbocycles. The van der Waals surface area contributed by atoms with Gasteiger partial charge in [-0.25, -0.2) is 5.01 Å². The van der Waals surface area contributed by atoms with E-state index in [1.807, 2.05) is 48.5 Å². The first kappa shape index (κ1) is 20.4. The molecule has 4 rings (SSSR count). The molecular formula is C23H24ClN3O3. The molecule has 1 aliphatic heterocycles. The van der Waals surface area contributed by atoms with Crippen molar-refractivity contribution in [1.29, 1.82) is 0 Å². The molecule has 0 N–H and O–H groups in total. The van der Waals surface area contributed by atoms with Crippen molar-refractivity contribution in [3.05, 3.63) is 64.7 Å². The van der Waals surface area contributed by atoms with E-state index in [0.29, 0.717) is 11.4 Å². The molecule has 2 aliphatic rings. The number of rotatable bonds is 6. The van der Waals surface area contributed by atoms with Crippen molar-refractivity contribution in [2.75, 3.05) is 20.7 Å². The Kier molecular flexibility index (Phi) is 5.77. The van der Waals surface area contributed by atoms with E-state index in [1.54, 1.807) is 14.2 Å². The van der Waals surface area contributed by atoms with Gasteiger partial charge in [0, 0.05) is 30.0 Å². The Morgan fingerprint density at radius 3 is 2.67 bits per heavy atom. The Bertz CT molecular complexity index is 1000. The van der Waals surface area contributed by atoms with E-state index >= 15 is 0 Å². The SMILES string of the molecule is COc1cccc(C2=NN(C(=O)CN(C)C(=O)C3CC3)C(c3ccccc3Cl)C2)c1. The Morgan fingerprint density at radius 1 is 1.20 bits per heavy atom. The van der Waals surface area contributed by atoms with Crippen molar-refractivity contribution in [2.24, 2.45) is 11.0 Å². The summed E-state index contributed by atoms with van der Waals surface area (Å²) in [6.45, 7) is -0.00875. The fourth-order valence-corrected chi connectivity index (χ4v) is 3.96. The molecule has 0 aromatic heterocycles. The lowest BCUT2D eigenvalue weighted by Gasteiger charge is -2.25. The van der Waals surface area contributed by atoms with Gasteiger partial charge in [0.05, 0.1) is 18.9 Å². The summed E-state index contributed by atoms with van der Waals surface area (Å²) in [4.78, 5) is 27.0. The molecule has 2 aromatic rings. The van der Waals surface area contributed by atoms with Crippen LogP contribution in [0.5, 0.6) is 5.75 Å². The molecule has 0 bridgehead atoms. The van der Waals surface area contributed by atoms with Gasteiger partial charge in [0.25, 0.3) is 5.91 Å². The Balaban J connectivity index is 1.63. The quantitative estimate of drug-likeness (QED) is 0.705. The van der Waals surface area contributed by atoms with Gasteiger partial charge >= 0.3 is 0 Å². The second kappa shape index (κ2) is 8.48. The molecule has 1 atom stereocenters. The van der Waals surface area contributed by atoms with E-state index in [9.17, 15) is 9.59 Å². The van der Waals surface area contributed by atoms with Gasteiger partial charge in [-0.2, -0.15) is 5.10 Å². The average molecular weight is 426 g/mol. The number of nitrogens with zero attached hydrogens (tertiary/aromatic N) is 3. The van der Waals surface area contributed by atoms with E-state index in [2.05, 4.69) is 5.10 Å². The minimum Gasteiger partial charge on any atom is -0.497 e. The highest BCUT2D eigenvalue weighted by atomic mass is 35.5. The number of carbonyl (C=O) groups is 2. The molecule has 0 radical (unpaired) electrons. The van der Waals surface area contributed by atoms with Crippen LogP contribution in [-0.2, 0) is 9.59 Å². The van der Waals surface area contributed by atoms with Gasteiger partial charge in [0.15, 0.2) is 0 Å². The van der Waals surface area contributed by atoms with Crippen LogP contribution in [0.15, 0.2) is 53.6 Å². The summed E-state index contributed by atoms with van der Waals surface area (Å²) in [7, 11) is 3.29. The predicted octanol–water partition coefficient (Wildman–Crippen LogP) is 3.89. The van der Waals surface area contributed by atoms with Crippen molar-refractivity contribution in [3.63, 3.8) is 0 Å². The summed E-state index contributed by atoms with van der Waals surface area (Å²) < 4.78 is 5.33. The molecule has 0 spiro atoms. The van der Waals surface area contributed by atoms with Crippen LogP contribution in [-0.4, -0.2) is 48.1 Å². The molecule has 1 fully saturated rings. The minimum atomic E-state index is -0.322. The molecule has 1 saturated carbocycles. The third-order valence-electron chi connectivity index (χ3n) is 5.51. The molecule has 156 valence electrons. The first-order valence-corrected chi connectivity index (χ1v) is 10.4. The number of amides is 2. The third-order valence-corrected chi connectivity index (χ3v) is 5.85.